The van der Waals surface area contributed by atoms with E-state index in [0.717, 1.165) is 43.7 Å². The second kappa shape index (κ2) is 7.37. The highest BCUT2D eigenvalue weighted by atomic mass is 19.1. The molecule has 1 aliphatic carbocycles. The quantitative estimate of drug-likeness (QED) is 0.522. The van der Waals surface area contributed by atoms with E-state index in [0.29, 0.717) is 28.9 Å². The Balaban J connectivity index is 1.26. The Kier molecular flexibility index (Phi) is 4.34. The lowest BCUT2D eigenvalue weighted by Crippen LogP contribution is -2.15. The van der Waals surface area contributed by atoms with Crippen LogP contribution in [0.5, 0.6) is 0 Å². The summed E-state index contributed by atoms with van der Waals surface area (Å²) in [4.78, 5) is 21.8. The first-order valence-electron chi connectivity index (χ1n) is 10.7. The van der Waals surface area contributed by atoms with Gasteiger partial charge in [0.2, 0.25) is 0 Å². The van der Waals surface area contributed by atoms with Gasteiger partial charge in [-0.25, -0.2) is 14.4 Å². The number of aryl methyl sites for hydroxylation is 1. The number of aromatic nitrogens is 6. The molecular formula is C23H20FN7O. The number of carbonyl (C=O) groups is 1. The van der Waals surface area contributed by atoms with Crippen LogP contribution in [0.4, 0.5) is 10.2 Å². The maximum absolute atomic E-state index is 14.5. The number of fused-ring (bicyclic) bond motifs is 1. The second-order valence-electron chi connectivity index (χ2n) is 8.20. The SMILES string of the molecule is O=C(Nc1cccc(-c2nnc3n2CCC3)n1)c1cc(-n2cnc(C3CC3)c2)ccc1F. The van der Waals surface area contributed by atoms with E-state index in [2.05, 4.69) is 25.5 Å². The van der Waals surface area contributed by atoms with Gasteiger partial charge < -0.3 is 14.5 Å². The van der Waals surface area contributed by atoms with E-state index in [1.807, 2.05) is 21.4 Å². The van der Waals surface area contributed by atoms with Crippen molar-refractivity contribution >= 4 is 11.7 Å². The molecule has 3 aromatic heterocycles. The summed E-state index contributed by atoms with van der Waals surface area (Å²) in [5, 5.41) is 11.1. The van der Waals surface area contributed by atoms with Crippen molar-refractivity contribution < 1.29 is 9.18 Å². The van der Waals surface area contributed by atoms with Crippen LogP contribution in [0.2, 0.25) is 0 Å². The third-order valence-electron chi connectivity index (χ3n) is 5.92. The van der Waals surface area contributed by atoms with E-state index >= 15 is 0 Å². The largest absolute Gasteiger partial charge is 0.310 e. The predicted molar refractivity (Wildman–Crippen MR) is 115 cm³/mol. The van der Waals surface area contributed by atoms with Crippen LogP contribution in [0.25, 0.3) is 17.2 Å². The lowest BCUT2D eigenvalue weighted by molar-refractivity contribution is 0.102. The first kappa shape index (κ1) is 18.9. The number of imidazole rings is 1. The van der Waals surface area contributed by atoms with Gasteiger partial charge in [0.15, 0.2) is 5.82 Å². The number of carbonyl (C=O) groups excluding carboxylic acids is 1. The molecule has 0 unspecified atom stereocenters. The Morgan fingerprint density at radius 2 is 2.06 bits per heavy atom. The molecule has 0 atom stereocenters. The number of rotatable bonds is 5. The fourth-order valence-electron chi connectivity index (χ4n) is 4.07. The standard InChI is InChI=1S/C23H20FN7O/c24-17-9-8-15(30-12-19(25-13-30)14-6-7-14)11-16(17)23(32)27-20-4-1-3-18(26-20)22-29-28-21-5-2-10-31(21)22/h1,3-4,8-9,11-14H,2,5-7,10H2,(H,26,27,32). The Hall–Kier alpha value is -3.88. The van der Waals surface area contributed by atoms with Crippen LogP contribution in [0.1, 0.15) is 47.1 Å². The molecule has 1 amide bonds. The smallest absolute Gasteiger partial charge is 0.259 e. The van der Waals surface area contributed by atoms with Crippen molar-refractivity contribution in [3.8, 4) is 17.2 Å². The molecule has 0 radical (unpaired) electrons. The van der Waals surface area contributed by atoms with Crippen LogP contribution in [-0.4, -0.2) is 35.2 Å². The first-order valence-corrected chi connectivity index (χ1v) is 10.7. The Morgan fingerprint density at radius 3 is 2.94 bits per heavy atom. The van der Waals surface area contributed by atoms with E-state index in [1.54, 1.807) is 24.5 Å². The number of pyridine rings is 1. The van der Waals surface area contributed by atoms with Crippen LogP contribution >= 0.6 is 0 Å². The summed E-state index contributed by atoms with van der Waals surface area (Å²) in [6.45, 7) is 0.852. The molecule has 160 valence electrons. The summed E-state index contributed by atoms with van der Waals surface area (Å²) in [5.41, 5.74) is 2.27. The average molecular weight is 429 g/mol. The zero-order chi connectivity index (χ0) is 21.7. The van der Waals surface area contributed by atoms with Crippen molar-refractivity contribution in [1.29, 1.82) is 0 Å². The van der Waals surface area contributed by atoms with Crippen molar-refractivity contribution in [2.45, 2.75) is 38.1 Å². The van der Waals surface area contributed by atoms with Gasteiger partial charge in [0.1, 0.15) is 23.2 Å². The molecule has 1 saturated carbocycles. The molecule has 1 aromatic carbocycles. The molecule has 9 heteroatoms. The number of nitrogens with one attached hydrogen (secondary N) is 1. The van der Waals surface area contributed by atoms with Crippen molar-refractivity contribution in [2.75, 3.05) is 5.32 Å². The zero-order valence-corrected chi connectivity index (χ0v) is 17.2. The summed E-state index contributed by atoms with van der Waals surface area (Å²) in [7, 11) is 0. The minimum Gasteiger partial charge on any atom is -0.310 e. The van der Waals surface area contributed by atoms with E-state index in [1.165, 1.54) is 12.1 Å². The fourth-order valence-corrected chi connectivity index (χ4v) is 4.07. The van der Waals surface area contributed by atoms with E-state index < -0.39 is 11.7 Å². The number of anilines is 1. The summed E-state index contributed by atoms with van der Waals surface area (Å²) >= 11 is 0. The molecule has 4 aromatic rings. The highest BCUT2D eigenvalue weighted by Gasteiger charge is 2.26. The van der Waals surface area contributed by atoms with Gasteiger partial charge in [0.25, 0.3) is 5.91 Å². The number of amides is 1. The van der Waals surface area contributed by atoms with E-state index in [-0.39, 0.29) is 5.56 Å². The third-order valence-corrected chi connectivity index (χ3v) is 5.92. The number of hydrogen-bond donors (Lipinski definition) is 1. The maximum atomic E-state index is 14.5. The van der Waals surface area contributed by atoms with Crippen LogP contribution in [0, 0.1) is 5.82 Å². The number of hydrogen-bond acceptors (Lipinski definition) is 5. The first-order chi connectivity index (χ1) is 15.7. The molecule has 1 N–H and O–H groups in total. The molecule has 8 nitrogen and oxygen atoms in total. The van der Waals surface area contributed by atoms with Crippen LogP contribution in [-0.2, 0) is 13.0 Å². The van der Waals surface area contributed by atoms with Crippen LogP contribution in [0.3, 0.4) is 0 Å². The summed E-state index contributed by atoms with van der Waals surface area (Å²) in [5.74, 6) is 1.30. The summed E-state index contributed by atoms with van der Waals surface area (Å²) < 4.78 is 18.4. The van der Waals surface area contributed by atoms with Gasteiger partial charge >= 0.3 is 0 Å². The number of halogens is 1. The Morgan fingerprint density at radius 1 is 1.16 bits per heavy atom. The van der Waals surface area contributed by atoms with Crippen LogP contribution < -0.4 is 5.32 Å². The zero-order valence-electron chi connectivity index (χ0n) is 17.2. The van der Waals surface area contributed by atoms with E-state index in [4.69, 9.17) is 0 Å². The highest BCUT2D eigenvalue weighted by Crippen LogP contribution is 2.39. The number of nitrogens with zero attached hydrogens (tertiary/aromatic N) is 6. The van der Waals surface area contributed by atoms with Gasteiger partial charge in [0, 0.05) is 30.8 Å². The normalized spacial score (nSPS) is 15.0. The third kappa shape index (κ3) is 3.35. The monoisotopic (exact) mass is 429 g/mol. The molecule has 0 spiro atoms. The molecule has 4 heterocycles. The van der Waals surface area contributed by atoms with Gasteiger partial charge in [-0.15, -0.1) is 10.2 Å². The molecule has 6 rings (SSSR count). The average Bonchev–Trinajstić information content (AvgIpc) is 3.19. The molecule has 32 heavy (non-hydrogen) atoms. The van der Waals surface area contributed by atoms with Gasteiger partial charge in [0.05, 0.1) is 17.6 Å². The topological polar surface area (TPSA) is 90.5 Å². The van der Waals surface area contributed by atoms with Crippen molar-refractivity contribution in [3.63, 3.8) is 0 Å². The van der Waals surface area contributed by atoms with Gasteiger partial charge in [-0.1, -0.05) is 6.07 Å². The minimum atomic E-state index is -0.597. The molecule has 0 saturated heterocycles. The van der Waals surface area contributed by atoms with Gasteiger partial charge in [-0.3, -0.25) is 4.79 Å². The summed E-state index contributed by atoms with van der Waals surface area (Å²) in [6, 6.07) is 9.73. The van der Waals surface area contributed by atoms with Crippen molar-refractivity contribution in [1.82, 2.24) is 29.3 Å². The molecule has 2 aliphatic rings. The van der Waals surface area contributed by atoms with Crippen LogP contribution in [0.15, 0.2) is 48.9 Å². The molecule has 1 aliphatic heterocycles. The fraction of sp³-hybridized carbons (Fsp3) is 0.261. The predicted octanol–water partition coefficient (Wildman–Crippen LogP) is 3.74. The lowest BCUT2D eigenvalue weighted by Gasteiger charge is -2.09. The highest BCUT2D eigenvalue weighted by molar-refractivity contribution is 6.04. The van der Waals surface area contributed by atoms with E-state index in [9.17, 15) is 9.18 Å². The van der Waals surface area contributed by atoms with Crippen molar-refractivity contribution in [2.24, 2.45) is 0 Å². The Labute approximate surface area is 183 Å². The second-order valence-corrected chi connectivity index (χ2v) is 8.20. The Bertz CT molecular complexity index is 1340. The van der Waals surface area contributed by atoms with Gasteiger partial charge in [-0.2, -0.15) is 0 Å². The molecular weight excluding hydrogens is 409 g/mol. The minimum absolute atomic E-state index is 0.0558. The molecule has 0 bridgehead atoms. The summed E-state index contributed by atoms with van der Waals surface area (Å²) in [6.07, 6.45) is 7.87. The molecule has 1 fully saturated rings. The lowest BCUT2D eigenvalue weighted by atomic mass is 10.1. The number of benzene rings is 1. The van der Waals surface area contributed by atoms with Gasteiger partial charge in [-0.05, 0) is 49.6 Å². The van der Waals surface area contributed by atoms with Crippen molar-refractivity contribution in [3.05, 3.63) is 71.8 Å². The maximum Gasteiger partial charge on any atom is 0.259 e.